The molecule has 0 atom stereocenters. The van der Waals surface area contributed by atoms with E-state index in [1.165, 1.54) is 3.57 Å². The molecule has 14 heavy (non-hydrogen) atoms. The molecule has 0 unspecified atom stereocenters. The monoisotopic (exact) mass is 310 g/mol. The number of benzene rings is 1. The van der Waals surface area contributed by atoms with Crippen molar-refractivity contribution in [2.24, 2.45) is 0 Å². The molecule has 2 rings (SSSR count). The maximum Gasteiger partial charge on any atom is 0.0489 e. The zero-order valence-corrected chi connectivity index (χ0v) is 10.3. The molecule has 0 aliphatic rings. The van der Waals surface area contributed by atoms with Gasteiger partial charge in [0.25, 0.3) is 0 Å². The molecule has 0 radical (unpaired) electrons. The topological polar surface area (TPSA) is 0 Å². The van der Waals surface area contributed by atoms with Crippen LogP contribution in [0.25, 0.3) is 0 Å². The Morgan fingerprint density at radius 3 is 2.43 bits per heavy atom. The van der Waals surface area contributed by atoms with Gasteiger partial charge in [-0.3, -0.25) is 0 Å². The maximum absolute atomic E-state index is 3.16. The van der Waals surface area contributed by atoms with Crippen LogP contribution in [0.4, 0.5) is 0 Å². The second-order valence-corrected chi connectivity index (χ2v) is 4.66. The second-order valence-electron chi connectivity index (χ2n) is 2.75. The van der Waals surface area contributed by atoms with Crippen LogP contribution in [-0.2, 0) is 0 Å². The van der Waals surface area contributed by atoms with Gasteiger partial charge in [0.2, 0.25) is 0 Å². The highest BCUT2D eigenvalue weighted by molar-refractivity contribution is 14.1. The molecule has 0 amide bonds. The van der Waals surface area contributed by atoms with Crippen LogP contribution in [-0.4, -0.2) is 0 Å². The molecule has 2 heteroatoms. The summed E-state index contributed by atoms with van der Waals surface area (Å²) in [6.07, 6.45) is 0. The number of hydrogen-bond acceptors (Lipinski definition) is 1. The molecular weight excluding hydrogens is 303 g/mol. The van der Waals surface area contributed by atoms with E-state index in [0.717, 1.165) is 11.1 Å². The first-order valence-electron chi connectivity index (χ1n) is 4.15. The predicted molar refractivity (Wildman–Crippen MR) is 69.5 cm³/mol. The first kappa shape index (κ1) is 9.75. The van der Waals surface area contributed by atoms with Crippen molar-refractivity contribution < 1.29 is 0 Å². The van der Waals surface area contributed by atoms with Gasteiger partial charge in [-0.25, -0.2) is 0 Å². The lowest BCUT2D eigenvalue weighted by molar-refractivity contribution is 1.64. The van der Waals surface area contributed by atoms with E-state index in [4.69, 9.17) is 0 Å². The van der Waals surface area contributed by atoms with Crippen LogP contribution >= 0.6 is 33.9 Å². The van der Waals surface area contributed by atoms with E-state index in [1.807, 2.05) is 30.3 Å². The van der Waals surface area contributed by atoms with E-state index in [9.17, 15) is 0 Å². The minimum atomic E-state index is 1.06. The molecule has 1 aromatic heterocycles. The van der Waals surface area contributed by atoms with E-state index in [0.29, 0.717) is 0 Å². The van der Waals surface area contributed by atoms with Crippen molar-refractivity contribution in [1.82, 2.24) is 0 Å². The lowest BCUT2D eigenvalue weighted by Gasteiger charge is -1.86. The van der Waals surface area contributed by atoms with Gasteiger partial charge in [-0.15, -0.1) is 11.3 Å². The van der Waals surface area contributed by atoms with E-state index in [1.54, 1.807) is 11.3 Å². The van der Waals surface area contributed by atoms with E-state index >= 15 is 0 Å². The van der Waals surface area contributed by atoms with E-state index < -0.39 is 0 Å². The molecule has 0 aliphatic carbocycles. The highest BCUT2D eigenvalue weighted by atomic mass is 127. The minimum absolute atomic E-state index is 1.06. The molecule has 0 N–H and O–H groups in total. The summed E-state index contributed by atoms with van der Waals surface area (Å²) < 4.78 is 1.23. The first-order chi connectivity index (χ1) is 6.86. The summed E-state index contributed by atoms with van der Waals surface area (Å²) in [4.78, 5) is 0. The summed E-state index contributed by atoms with van der Waals surface area (Å²) in [5, 5.41) is 4.19. The van der Waals surface area contributed by atoms with Crippen molar-refractivity contribution in [1.29, 1.82) is 0 Å². The SMILES string of the molecule is Ic1cscc1C#Cc1ccccc1. The fourth-order valence-electron chi connectivity index (χ4n) is 1.03. The third-order valence-electron chi connectivity index (χ3n) is 1.73. The van der Waals surface area contributed by atoms with E-state index in [2.05, 4.69) is 45.2 Å². The summed E-state index contributed by atoms with van der Waals surface area (Å²) in [6, 6.07) is 10.0. The number of hydrogen-bond donors (Lipinski definition) is 0. The highest BCUT2D eigenvalue weighted by Gasteiger charge is 1.94. The van der Waals surface area contributed by atoms with Crippen LogP contribution < -0.4 is 0 Å². The molecule has 0 bridgehead atoms. The molecule has 0 aliphatic heterocycles. The third-order valence-corrected chi connectivity index (χ3v) is 3.79. The Bertz CT molecular complexity index is 474. The molecular formula is C12H7IS. The average molecular weight is 310 g/mol. The summed E-state index contributed by atoms with van der Waals surface area (Å²) in [5.74, 6) is 6.30. The third kappa shape index (κ3) is 2.37. The smallest absolute Gasteiger partial charge is 0.0489 e. The lowest BCUT2D eigenvalue weighted by Crippen LogP contribution is -1.73. The van der Waals surface area contributed by atoms with Crippen molar-refractivity contribution in [2.45, 2.75) is 0 Å². The van der Waals surface area contributed by atoms with Crippen molar-refractivity contribution in [2.75, 3.05) is 0 Å². The summed E-state index contributed by atoms with van der Waals surface area (Å²) in [6.45, 7) is 0. The van der Waals surface area contributed by atoms with Crippen LogP contribution in [0.3, 0.4) is 0 Å². The van der Waals surface area contributed by atoms with Gasteiger partial charge >= 0.3 is 0 Å². The Morgan fingerprint density at radius 2 is 1.79 bits per heavy atom. The number of rotatable bonds is 0. The van der Waals surface area contributed by atoms with Gasteiger partial charge in [0, 0.05) is 25.5 Å². The minimum Gasteiger partial charge on any atom is -0.150 e. The number of thiophene rings is 1. The quantitative estimate of drug-likeness (QED) is 0.513. The fourth-order valence-corrected chi connectivity index (χ4v) is 2.61. The number of halogens is 1. The molecule has 0 saturated carbocycles. The van der Waals surface area contributed by atoms with Crippen LogP contribution in [0.1, 0.15) is 11.1 Å². The van der Waals surface area contributed by atoms with Crippen LogP contribution in [0, 0.1) is 15.4 Å². The Balaban J connectivity index is 2.28. The molecule has 0 nitrogen and oxygen atoms in total. The Hall–Kier alpha value is -0.790. The molecule has 0 saturated heterocycles. The lowest BCUT2D eigenvalue weighted by atomic mass is 10.2. The van der Waals surface area contributed by atoms with Crippen LogP contribution in [0.5, 0.6) is 0 Å². The Kier molecular flexibility index (Phi) is 3.22. The van der Waals surface area contributed by atoms with E-state index in [-0.39, 0.29) is 0 Å². The highest BCUT2D eigenvalue weighted by Crippen LogP contribution is 2.15. The largest absolute Gasteiger partial charge is 0.150 e. The molecule has 0 spiro atoms. The normalized spacial score (nSPS) is 9.21. The Labute approximate surface area is 101 Å². The zero-order valence-electron chi connectivity index (χ0n) is 7.33. The van der Waals surface area contributed by atoms with Crippen LogP contribution in [0.15, 0.2) is 41.1 Å². The van der Waals surface area contributed by atoms with Gasteiger partial charge in [-0.2, -0.15) is 0 Å². The summed E-state index contributed by atoms with van der Waals surface area (Å²) in [5.41, 5.74) is 2.19. The molecule has 0 fully saturated rings. The maximum atomic E-state index is 3.16. The average Bonchev–Trinajstić information content (AvgIpc) is 2.63. The van der Waals surface area contributed by atoms with Gasteiger partial charge in [0.1, 0.15) is 0 Å². The van der Waals surface area contributed by atoms with Gasteiger partial charge in [-0.1, -0.05) is 30.0 Å². The van der Waals surface area contributed by atoms with Crippen molar-refractivity contribution in [3.05, 3.63) is 55.8 Å². The van der Waals surface area contributed by atoms with Gasteiger partial charge in [0.15, 0.2) is 0 Å². The summed E-state index contributed by atoms with van der Waals surface area (Å²) in [7, 11) is 0. The molecule has 2 aromatic rings. The fraction of sp³-hybridized carbons (Fsp3) is 0. The van der Waals surface area contributed by atoms with Crippen LogP contribution in [0.2, 0.25) is 0 Å². The standard InChI is InChI=1S/C12H7IS/c13-12-9-14-8-11(12)7-6-10-4-2-1-3-5-10/h1-5,8-9H. The first-order valence-corrected chi connectivity index (χ1v) is 6.17. The summed E-state index contributed by atoms with van der Waals surface area (Å²) >= 11 is 4.00. The van der Waals surface area contributed by atoms with Crippen molar-refractivity contribution in [3.63, 3.8) is 0 Å². The Morgan fingerprint density at radius 1 is 1.00 bits per heavy atom. The van der Waals surface area contributed by atoms with Crippen molar-refractivity contribution in [3.8, 4) is 11.8 Å². The molecule has 1 heterocycles. The van der Waals surface area contributed by atoms with Gasteiger partial charge in [-0.05, 0) is 34.7 Å². The molecule has 68 valence electrons. The van der Waals surface area contributed by atoms with Gasteiger partial charge in [0.05, 0.1) is 0 Å². The second kappa shape index (κ2) is 4.63. The zero-order chi connectivity index (χ0) is 9.80. The molecule has 1 aromatic carbocycles. The predicted octanol–water partition coefficient (Wildman–Crippen LogP) is 3.75. The van der Waals surface area contributed by atoms with Gasteiger partial charge < -0.3 is 0 Å². The van der Waals surface area contributed by atoms with Crippen molar-refractivity contribution >= 4 is 33.9 Å².